The number of aromatic nitrogens is 4. The van der Waals surface area contributed by atoms with Gasteiger partial charge in [0.25, 0.3) is 5.69 Å². The van der Waals surface area contributed by atoms with Gasteiger partial charge in [0.1, 0.15) is 10.4 Å². The highest BCUT2D eigenvalue weighted by molar-refractivity contribution is 9.10. The first-order valence-electron chi connectivity index (χ1n) is 9.87. The van der Waals surface area contributed by atoms with Crippen molar-refractivity contribution in [1.82, 2.24) is 19.9 Å². The van der Waals surface area contributed by atoms with Crippen LogP contribution in [0.25, 0.3) is 33.5 Å². The van der Waals surface area contributed by atoms with Crippen molar-refractivity contribution >= 4 is 32.5 Å². The standard InChI is InChI=1S/C24H16BrN5O2/c25-21-8-2-7-20(27-21)24-23(17-9-10-19-16(14-17)5-3-11-26-19)28-22(29-24)13-15-4-1-6-18(12-15)30(31)32/h1-12,14H,13H2,(H,28,29). The SMILES string of the molecule is O=[N+]([O-])c1cccc(Cc2nc(-c3ccc4ncccc4c3)c(-c3cccc(Br)n3)[nH]2)c1. The first-order valence-corrected chi connectivity index (χ1v) is 10.7. The number of halogens is 1. The summed E-state index contributed by atoms with van der Waals surface area (Å²) in [5, 5.41) is 12.2. The molecule has 32 heavy (non-hydrogen) atoms. The van der Waals surface area contributed by atoms with E-state index >= 15 is 0 Å². The topological polar surface area (TPSA) is 97.6 Å². The molecule has 3 aromatic heterocycles. The Hall–Kier alpha value is -3.91. The summed E-state index contributed by atoms with van der Waals surface area (Å²) in [6.07, 6.45) is 2.20. The second kappa shape index (κ2) is 8.32. The van der Waals surface area contributed by atoms with Crippen molar-refractivity contribution in [3.8, 4) is 22.6 Å². The molecule has 0 aliphatic rings. The van der Waals surface area contributed by atoms with Crippen LogP contribution in [0.5, 0.6) is 0 Å². The van der Waals surface area contributed by atoms with E-state index in [2.05, 4.69) is 36.9 Å². The third kappa shape index (κ3) is 4.00. The van der Waals surface area contributed by atoms with Gasteiger partial charge in [-0.2, -0.15) is 0 Å². The number of nitrogens with zero attached hydrogens (tertiary/aromatic N) is 4. The van der Waals surface area contributed by atoms with Crippen LogP contribution in [-0.2, 0) is 6.42 Å². The van der Waals surface area contributed by atoms with Crippen LogP contribution in [0.4, 0.5) is 5.69 Å². The molecule has 2 aromatic carbocycles. The third-order valence-corrected chi connectivity index (χ3v) is 5.54. The van der Waals surface area contributed by atoms with Gasteiger partial charge in [0.15, 0.2) is 0 Å². The lowest BCUT2D eigenvalue weighted by Gasteiger charge is -2.04. The number of aromatic amines is 1. The van der Waals surface area contributed by atoms with Crippen LogP contribution in [-0.4, -0.2) is 24.9 Å². The fourth-order valence-corrected chi connectivity index (χ4v) is 3.99. The Kier molecular flexibility index (Phi) is 5.20. The van der Waals surface area contributed by atoms with Gasteiger partial charge >= 0.3 is 0 Å². The van der Waals surface area contributed by atoms with Crippen molar-refractivity contribution in [2.75, 3.05) is 0 Å². The highest BCUT2D eigenvalue weighted by atomic mass is 79.9. The van der Waals surface area contributed by atoms with E-state index in [9.17, 15) is 10.1 Å². The second-order valence-corrected chi connectivity index (χ2v) is 8.08. The Morgan fingerprint density at radius 2 is 1.84 bits per heavy atom. The maximum atomic E-state index is 11.1. The summed E-state index contributed by atoms with van der Waals surface area (Å²) in [5.74, 6) is 0.698. The average molecular weight is 486 g/mol. The number of hydrogen-bond acceptors (Lipinski definition) is 5. The quantitative estimate of drug-likeness (QED) is 0.188. The monoisotopic (exact) mass is 485 g/mol. The van der Waals surface area contributed by atoms with E-state index < -0.39 is 4.92 Å². The summed E-state index contributed by atoms with van der Waals surface area (Å²) in [6.45, 7) is 0. The molecule has 0 unspecified atom stereocenters. The van der Waals surface area contributed by atoms with Crippen molar-refractivity contribution < 1.29 is 4.92 Å². The molecular weight excluding hydrogens is 470 g/mol. The van der Waals surface area contributed by atoms with Crippen molar-refractivity contribution in [1.29, 1.82) is 0 Å². The van der Waals surface area contributed by atoms with E-state index in [-0.39, 0.29) is 5.69 Å². The highest BCUT2D eigenvalue weighted by Crippen LogP contribution is 2.32. The van der Waals surface area contributed by atoms with E-state index in [4.69, 9.17) is 4.98 Å². The highest BCUT2D eigenvalue weighted by Gasteiger charge is 2.17. The number of H-pyrrole nitrogens is 1. The van der Waals surface area contributed by atoms with Gasteiger partial charge in [-0.1, -0.05) is 30.3 Å². The molecule has 0 atom stereocenters. The fraction of sp³-hybridized carbons (Fsp3) is 0.0417. The predicted octanol–water partition coefficient (Wildman–Crippen LogP) is 5.95. The molecule has 0 amide bonds. The smallest absolute Gasteiger partial charge is 0.269 e. The van der Waals surface area contributed by atoms with E-state index in [1.54, 1.807) is 18.3 Å². The zero-order valence-electron chi connectivity index (χ0n) is 16.7. The van der Waals surface area contributed by atoms with Gasteiger partial charge in [0.2, 0.25) is 0 Å². The molecule has 0 bridgehead atoms. The molecule has 8 heteroatoms. The largest absolute Gasteiger partial charge is 0.340 e. The Balaban J connectivity index is 1.62. The van der Waals surface area contributed by atoms with Crippen LogP contribution in [0.15, 0.2) is 83.6 Å². The second-order valence-electron chi connectivity index (χ2n) is 7.27. The van der Waals surface area contributed by atoms with Crippen LogP contribution in [0.2, 0.25) is 0 Å². The molecule has 0 aliphatic carbocycles. The molecule has 0 saturated carbocycles. The number of imidazole rings is 1. The zero-order chi connectivity index (χ0) is 22.1. The summed E-state index contributed by atoms with van der Waals surface area (Å²) in [5.41, 5.74) is 5.01. The Labute approximate surface area is 191 Å². The van der Waals surface area contributed by atoms with Gasteiger partial charge in [0.05, 0.1) is 27.5 Å². The summed E-state index contributed by atoms with van der Waals surface area (Å²) in [6, 6.07) is 22.2. The number of non-ortho nitro benzene ring substituents is 1. The minimum absolute atomic E-state index is 0.0604. The number of hydrogen-bond donors (Lipinski definition) is 1. The van der Waals surface area contributed by atoms with Crippen LogP contribution in [0.3, 0.4) is 0 Å². The van der Waals surface area contributed by atoms with Crippen LogP contribution in [0, 0.1) is 10.1 Å². The maximum Gasteiger partial charge on any atom is 0.269 e. The Morgan fingerprint density at radius 3 is 2.69 bits per heavy atom. The maximum absolute atomic E-state index is 11.1. The number of nitrogens with one attached hydrogen (secondary N) is 1. The molecule has 0 fully saturated rings. The van der Waals surface area contributed by atoms with Gasteiger partial charge < -0.3 is 4.98 Å². The minimum Gasteiger partial charge on any atom is -0.340 e. The summed E-state index contributed by atoms with van der Waals surface area (Å²) < 4.78 is 0.721. The molecule has 1 N–H and O–H groups in total. The lowest BCUT2D eigenvalue weighted by atomic mass is 10.1. The third-order valence-electron chi connectivity index (χ3n) is 5.09. The first kappa shape index (κ1) is 20.0. The lowest BCUT2D eigenvalue weighted by Crippen LogP contribution is -1.94. The first-order chi connectivity index (χ1) is 15.6. The summed E-state index contributed by atoms with van der Waals surface area (Å²) in [7, 11) is 0. The molecule has 0 radical (unpaired) electrons. The van der Waals surface area contributed by atoms with Gasteiger partial charge in [-0.25, -0.2) is 9.97 Å². The summed E-state index contributed by atoms with van der Waals surface area (Å²) >= 11 is 3.44. The van der Waals surface area contributed by atoms with E-state index in [0.717, 1.165) is 43.7 Å². The molecule has 5 rings (SSSR count). The number of benzene rings is 2. The lowest BCUT2D eigenvalue weighted by molar-refractivity contribution is -0.384. The van der Waals surface area contributed by atoms with Crippen LogP contribution >= 0.6 is 15.9 Å². The normalized spacial score (nSPS) is 11.0. The van der Waals surface area contributed by atoms with Gasteiger partial charge in [-0.3, -0.25) is 15.1 Å². The fourth-order valence-electron chi connectivity index (χ4n) is 3.64. The Morgan fingerprint density at radius 1 is 0.969 bits per heavy atom. The van der Waals surface area contributed by atoms with Crippen molar-refractivity contribution in [3.05, 3.63) is 105 Å². The molecule has 156 valence electrons. The molecule has 0 spiro atoms. The Bertz CT molecular complexity index is 1460. The number of fused-ring (bicyclic) bond motifs is 1. The van der Waals surface area contributed by atoms with Gasteiger partial charge in [0, 0.05) is 35.7 Å². The van der Waals surface area contributed by atoms with Crippen molar-refractivity contribution in [2.45, 2.75) is 6.42 Å². The molecular formula is C24H16BrN5O2. The van der Waals surface area contributed by atoms with E-state index in [0.29, 0.717) is 12.2 Å². The summed E-state index contributed by atoms with van der Waals surface area (Å²) in [4.78, 5) is 28.0. The van der Waals surface area contributed by atoms with Crippen molar-refractivity contribution in [3.63, 3.8) is 0 Å². The number of rotatable bonds is 5. The van der Waals surface area contributed by atoms with Gasteiger partial charge in [-0.05, 0) is 51.8 Å². The van der Waals surface area contributed by atoms with Gasteiger partial charge in [-0.15, -0.1) is 0 Å². The van der Waals surface area contributed by atoms with E-state index in [1.165, 1.54) is 6.07 Å². The molecule has 7 nitrogen and oxygen atoms in total. The number of nitro benzene ring substituents is 1. The number of pyridine rings is 2. The number of nitro groups is 1. The molecule has 0 aliphatic heterocycles. The van der Waals surface area contributed by atoms with Crippen molar-refractivity contribution in [2.24, 2.45) is 0 Å². The van der Waals surface area contributed by atoms with Crippen LogP contribution in [0.1, 0.15) is 11.4 Å². The predicted molar refractivity (Wildman–Crippen MR) is 126 cm³/mol. The van der Waals surface area contributed by atoms with E-state index in [1.807, 2.05) is 48.5 Å². The molecule has 3 heterocycles. The average Bonchev–Trinajstić information content (AvgIpc) is 3.22. The molecule has 5 aromatic rings. The minimum atomic E-state index is -0.392. The molecule has 0 saturated heterocycles. The zero-order valence-corrected chi connectivity index (χ0v) is 18.3. The van der Waals surface area contributed by atoms with Crippen LogP contribution < -0.4 is 0 Å².